The number of rotatable bonds is 7. The van der Waals surface area contributed by atoms with Gasteiger partial charge < -0.3 is 10.2 Å². The summed E-state index contributed by atoms with van der Waals surface area (Å²) in [4.78, 5) is 13.0. The zero-order valence-corrected chi connectivity index (χ0v) is 16.7. The smallest absolute Gasteiger partial charge is 0.259 e. The second-order valence-corrected chi connectivity index (χ2v) is 9.18. The summed E-state index contributed by atoms with van der Waals surface area (Å²) in [5.41, 5.74) is -0.275. The molecule has 152 valence electrons. The Bertz CT molecular complexity index is 753. The average molecular weight is 403 g/mol. The van der Waals surface area contributed by atoms with Crippen LogP contribution in [0.4, 0.5) is 14.5 Å². The predicted molar refractivity (Wildman–Crippen MR) is 101 cm³/mol. The molecule has 0 heterocycles. The van der Waals surface area contributed by atoms with Gasteiger partial charge in [-0.1, -0.05) is 0 Å². The highest BCUT2D eigenvalue weighted by Crippen LogP contribution is 2.26. The fraction of sp³-hybridized carbons (Fsp3) is 0.611. The number of benzene rings is 1. The molecule has 1 fully saturated rings. The minimum Gasteiger partial charge on any atom is -0.385 e. The highest BCUT2D eigenvalue weighted by atomic mass is 32.2. The molecule has 6 nitrogen and oxygen atoms in total. The molecule has 0 aromatic heterocycles. The van der Waals surface area contributed by atoms with Crippen LogP contribution in [0.25, 0.3) is 0 Å². The maximum atomic E-state index is 14.1. The van der Waals surface area contributed by atoms with E-state index in [9.17, 15) is 22.0 Å². The zero-order valence-electron chi connectivity index (χ0n) is 15.9. The second-order valence-electron chi connectivity index (χ2n) is 7.13. The minimum atomic E-state index is -3.20. The van der Waals surface area contributed by atoms with Gasteiger partial charge in [0, 0.05) is 32.4 Å². The van der Waals surface area contributed by atoms with Gasteiger partial charge in [0.1, 0.15) is 17.2 Å². The Hall–Kier alpha value is -1.74. The Morgan fingerprint density at radius 2 is 1.70 bits per heavy atom. The van der Waals surface area contributed by atoms with Gasteiger partial charge in [0.25, 0.3) is 5.91 Å². The van der Waals surface area contributed by atoms with E-state index in [1.807, 2.05) is 0 Å². The zero-order chi connectivity index (χ0) is 20.2. The first-order valence-corrected chi connectivity index (χ1v) is 10.7. The summed E-state index contributed by atoms with van der Waals surface area (Å²) >= 11 is 0. The van der Waals surface area contributed by atoms with Crippen molar-refractivity contribution in [1.82, 2.24) is 9.62 Å². The maximum Gasteiger partial charge on any atom is 0.259 e. The van der Waals surface area contributed by atoms with E-state index in [-0.39, 0.29) is 17.5 Å². The van der Waals surface area contributed by atoms with Gasteiger partial charge in [-0.2, -0.15) is 0 Å². The van der Waals surface area contributed by atoms with Gasteiger partial charge in [-0.3, -0.25) is 4.79 Å². The topological polar surface area (TPSA) is 78.5 Å². The Morgan fingerprint density at radius 3 is 2.19 bits per heavy atom. The second kappa shape index (κ2) is 8.97. The molecule has 0 spiro atoms. The van der Waals surface area contributed by atoms with E-state index >= 15 is 0 Å². The summed E-state index contributed by atoms with van der Waals surface area (Å²) in [5, 5.41) is 3.02. The average Bonchev–Trinajstić information content (AvgIpc) is 2.60. The Morgan fingerprint density at radius 1 is 1.15 bits per heavy atom. The van der Waals surface area contributed by atoms with Crippen LogP contribution < -0.4 is 10.0 Å². The monoisotopic (exact) mass is 403 g/mol. The van der Waals surface area contributed by atoms with Crippen molar-refractivity contribution in [3.8, 4) is 0 Å². The molecular weight excluding hydrogens is 376 g/mol. The lowest BCUT2D eigenvalue weighted by molar-refractivity contribution is 0.0818. The lowest BCUT2D eigenvalue weighted by atomic mass is 9.86. The standard InChI is InChI=1S/C18H27F2N3O3S/c1-4-27(25,26)22-13-7-5-12(6-8-13)11-21-14-9-15(19)17(16(20)10-14)18(24)23(2)3/h9-10,12-13,21-22H,4-8,11H2,1-3H3. The number of anilines is 1. The summed E-state index contributed by atoms with van der Waals surface area (Å²) < 4.78 is 54.2. The van der Waals surface area contributed by atoms with E-state index in [1.54, 1.807) is 6.92 Å². The van der Waals surface area contributed by atoms with Gasteiger partial charge in [0.2, 0.25) is 10.0 Å². The van der Waals surface area contributed by atoms with Crippen molar-refractivity contribution in [2.75, 3.05) is 31.7 Å². The van der Waals surface area contributed by atoms with Gasteiger partial charge in [-0.15, -0.1) is 0 Å². The first kappa shape index (κ1) is 21.6. The SMILES string of the molecule is CCS(=O)(=O)NC1CCC(CNc2cc(F)c(C(=O)N(C)C)c(F)c2)CC1. The Labute approximate surface area is 159 Å². The van der Waals surface area contributed by atoms with Crippen LogP contribution in [0.5, 0.6) is 0 Å². The van der Waals surface area contributed by atoms with Gasteiger partial charge in [0.15, 0.2) is 0 Å². The molecule has 1 aliphatic rings. The number of carbonyl (C=O) groups is 1. The van der Waals surface area contributed by atoms with Crippen LogP contribution in [0.2, 0.25) is 0 Å². The molecular formula is C18H27F2N3O3S. The van der Waals surface area contributed by atoms with Gasteiger partial charge in [-0.05, 0) is 50.7 Å². The van der Waals surface area contributed by atoms with Crippen LogP contribution in [0, 0.1) is 17.6 Å². The summed E-state index contributed by atoms with van der Waals surface area (Å²) in [7, 11) is -0.329. The highest BCUT2D eigenvalue weighted by Gasteiger charge is 2.24. The number of hydrogen-bond acceptors (Lipinski definition) is 4. The lowest BCUT2D eigenvalue weighted by Gasteiger charge is -2.29. The molecule has 0 radical (unpaired) electrons. The summed E-state index contributed by atoms with van der Waals surface area (Å²) in [6, 6.07) is 2.21. The molecule has 1 amide bonds. The number of hydrogen-bond donors (Lipinski definition) is 2. The van der Waals surface area contributed by atoms with Crippen molar-refractivity contribution in [2.45, 2.75) is 38.6 Å². The van der Waals surface area contributed by atoms with Gasteiger partial charge >= 0.3 is 0 Å². The number of halogens is 2. The van der Waals surface area contributed by atoms with Crippen molar-refractivity contribution in [2.24, 2.45) is 5.92 Å². The molecule has 0 bridgehead atoms. The van der Waals surface area contributed by atoms with Crippen molar-refractivity contribution in [3.63, 3.8) is 0 Å². The van der Waals surface area contributed by atoms with Crippen molar-refractivity contribution < 1.29 is 22.0 Å². The van der Waals surface area contributed by atoms with Crippen molar-refractivity contribution in [1.29, 1.82) is 0 Å². The molecule has 1 saturated carbocycles. The highest BCUT2D eigenvalue weighted by molar-refractivity contribution is 7.89. The number of amides is 1. The van der Waals surface area contributed by atoms with Crippen LogP contribution in [0.1, 0.15) is 43.0 Å². The largest absolute Gasteiger partial charge is 0.385 e. The maximum absolute atomic E-state index is 14.1. The third-order valence-electron chi connectivity index (χ3n) is 4.83. The molecule has 1 aromatic carbocycles. The fourth-order valence-electron chi connectivity index (χ4n) is 3.19. The third kappa shape index (κ3) is 5.87. The fourth-order valence-corrected chi connectivity index (χ4v) is 4.10. The first-order chi connectivity index (χ1) is 12.6. The molecule has 2 rings (SSSR count). The van der Waals surface area contributed by atoms with E-state index in [4.69, 9.17) is 0 Å². The van der Waals surface area contributed by atoms with E-state index in [0.29, 0.717) is 12.5 Å². The number of sulfonamides is 1. The third-order valence-corrected chi connectivity index (χ3v) is 6.28. The lowest BCUT2D eigenvalue weighted by Crippen LogP contribution is -2.39. The molecule has 0 saturated heterocycles. The summed E-state index contributed by atoms with van der Waals surface area (Å²) in [6.07, 6.45) is 3.13. The molecule has 0 atom stereocenters. The van der Waals surface area contributed by atoms with E-state index in [1.165, 1.54) is 14.1 Å². The van der Waals surface area contributed by atoms with Crippen LogP contribution in [-0.2, 0) is 10.0 Å². The van der Waals surface area contributed by atoms with Crippen LogP contribution >= 0.6 is 0 Å². The van der Waals surface area contributed by atoms with E-state index in [0.717, 1.165) is 42.7 Å². The molecule has 1 aliphatic carbocycles. The number of carbonyl (C=O) groups excluding carboxylic acids is 1. The molecule has 9 heteroatoms. The molecule has 2 N–H and O–H groups in total. The van der Waals surface area contributed by atoms with E-state index < -0.39 is 33.1 Å². The summed E-state index contributed by atoms with van der Waals surface area (Å²) in [6.45, 7) is 2.14. The molecule has 0 aliphatic heterocycles. The molecule has 0 unspecified atom stereocenters. The Kier molecular flexibility index (Phi) is 7.16. The normalized spacial score (nSPS) is 20.3. The van der Waals surface area contributed by atoms with Crippen LogP contribution in [0.3, 0.4) is 0 Å². The minimum absolute atomic E-state index is 0.0441. The molecule has 1 aromatic rings. The Balaban J connectivity index is 1.90. The number of nitrogens with zero attached hydrogens (tertiary/aromatic N) is 1. The van der Waals surface area contributed by atoms with Crippen LogP contribution in [-0.4, -0.2) is 51.7 Å². The van der Waals surface area contributed by atoms with E-state index in [2.05, 4.69) is 10.0 Å². The quantitative estimate of drug-likeness (QED) is 0.734. The first-order valence-electron chi connectivity index (χ1n) is 9.07. The summed E-state index contributed by atoms with van der Waals surface area (Å²) in [5.74, 6) is -2.15. The molecule has 27 heavy (non-hydrogen) atoms. The van der Waals surface area contributed by atoms with Crippen molar-refractivity contribution in [3.05, 3.63) is 29.3 Å². The predicted octanol–water partition coefficient (Wildman–Crippen LogP) is 2.58. The number of nitrogens with one attached hydrogen (secondary N) is 2. The van der Waals surface area contributed by atoms with Gasteiger partial charge in [-0.25, -0.2) is 21.9 Å². The van der Waals surface area contributed by atoms with Crippen molar-refractivity contribution >= 4 is 21.6 Å². The van der Waals surface area contributed by atoms with Crippen LogP contribution in [0.15, 0.2) is 12.1 Å². The van der Waals surface area contributed by atoms with Gasteiger partial charge in [0.05, 0.1) is 5.75 Å².